The molecule has 1 aromatic rings. The first-order chi connectivity index (χ1) is 5.59. The molecule has 1 N–H and O–H groups in total. The van der Waals surface area contributed by atoms with E-state index in [0.717, 1.165) is 23.2 Å². The Kier molecular flexibility index (Phi) is 2.28. The minimum Gasteiger partial charge on any atom is -0.362 e. The summed E-state index contributed by atoms with van der Waals surface area (Å²) in [5.74, 6) is 0. The molecule has 12 heavy (non-hydrogen) atoms. The van der Waals surface area contributed by atoms with Crippen LogP contribution in [0.15, 0.2) is 12.3 Å². The van der Waals surface area contributed by atoms with Gasteiger partial charge in [-0.25, -0.2) is 0 Å². The molecule has 0 saturated heterocycles. The Bertz CT molecular complexity index is 326. The molecule has 0 bridgehead atoms. The van der Waals surface area contributed by atoms with Crippen LogP contribution in [-0.2, 0) is 0 Å². The van der Waals surface area contributed by atoms with E-state index in [1.807, 2.05) is 19.9 Å². The summed E-state index contributed by atoms with van der Waals surface area (Å²) in [6.07, 6.45) is 2.43. The number of nitro groups is 1. The highest BCUT2D eigenvalue weighted by Gasteiger charge is 1.98. The van der Waals surface area contributed by atoms with Crippen molar-refractivity contribution in [3.8, 4) is 0 Å². The van der Waals surface area contributed by atoms with Gasteiger partial charge in [-0.2, -0.15) is 0 Å². The molecule has 1 aromatic heterocycles. The van der Waals surface area contributed by atoms with Crippen molar-refractivity contribution >= 4 is 6.08 Å². The third kappa shape index (κ3) is 1.95. The zero-order valence-corrected chi connectivity index (χ0v) is 7.00. The van der Waals surface area contributed by atoms with Crippen molar-refractivity contribution in [2.75, 3.05) is 0 Å². The fourth-order valence-electron chi connectivity index (χ4n) is 1.06. The quantitative estimate of drug-likeness (QED) is 0.538. The van der Waals surface area contributed by atoms with E-state index >= 15 is 0 Å². The van der Waals surface area contributed by atoms with E-state index < -0.39 is 4.92 Å². The standard InChI is InChI=1S/C8H10N2O2/c1-6-5-8(7(2)9-6)3-4-10(11)12/h3-5,9H,1-2H3/b4-3+. The third-order valence-electron chi connectivity index (χ3n) is 1.57. The number of aromatic amines is 1. The van der Waals surface area contributed by atoms with Crippen LogP contribution in [0, 0.1) is 24.0 Å². The van der Waals surface area contributed by atoms with Gasteiger partial charge in [0.05, 0.1) is 4.92 Å². The number of H-pyrrole nitrogens is 1. The monoisotopic (exact) mass is 166 g/mol. The smallest absolute Gasteiger partial charge is 0.235 e. The topological polar surface area (TPSA) is 58.9 Å². The number of rotatable bonds is 2. The molecule has 0 aliphatic rings. The lowest BCUT2D eigenvalue weighted by molar-refractivity contribution is -0.400. The second-order valence-corrected chi connectivity index (χ2v) is 2.63. The van der Waals surface area contributed by atoms with Crippen LogP contribution in [0.1, 0.15) is 17.0 Å². The molecule has 0 spiro atoms. The SMILES string of the molecule is Cc1cc(/C=C/[N+](=O)[O-])c(C)[nH]1. The van der Waals surface area contributed by atoms with E-state index in [2.05, 4.69) is 4.98 Å². The number of hydrogen-bond acceptors (Lipinski definition) is 2. The van der Waals surface area contributed by atoms with Gasteiger partial charge in [-0.05, 0) is 19.9 Å². The molecule has 4 nitrogen and oxygen atoms in total. The van der Waals surface area contributed by atoms with Crippen molar-refractivity contribution in [3.63, 3.8) is 0 Å². The maximum absolute atomic E-state index is 10.00. The molecule has 0 aromatic carbocycles. The second kappa shape index (κ2) is 3.21. The zero-order chi connectivity index (χ0) is 9.14. The summed E-state index contributed by atoms with van der Waals surface area (Å²) in [7, 11) is 0. The highest BCUT2D eigenvalue weighted by Crippen LogP contribution is 2.10. The first-order valence-corrected chi connectivity index (χ1v) is 3.57. The average Bonchev–Trinajstić information content (AvgIpc) is 2.26. The Morgan fingerprint density at radius 2 is 2.25 bits per heavy atom. The van der Waals surface area contributed by atoms with Crippen LogP contribution in [0.2, 0.25) is 0 Å². The number of aryl methyl sites for hydroxylation is 2. The number of nitrogens with one attached hydrogen (secondary N) is 1. The fourth-order valence-corrected chi connectivity index (χ4v) is 1.06. The lowest BCUT2D eigenvalue weighted by atomic mass is 10.2. The molecule has 64 valence electrons. The summed E-state index contributed by atoms with van der Waals surface area (Å²) in [5, 5.41) is 10.00. The predicted molar refractivity (Wildman–Crippen MR) is 46.3 cm³/mol. The van der Waals surface area contributed by atoms with Crippen LogP contribution in [0.4, 0.5) is 0 Å². The average molecular weight is 166 g/mol. The molecule has 0 fully saturated rings. The van der Waals surface area contributed by atoms with Gasteiger partial charge in [0.2, 0.25) is 6.20 Å². The van der Waals surface area contributed by atoms with E-state index in [-0.39, 0.29) is 0 Å². The number of aromatic nitrogens is 1. The summed E-state index contributed by atoms with van der Waals surface area (Å²) >= 11 is 0. The Labute approximate surface area is 70.1 Å². The van der Waals surface area contributed by atoms with Gasteiger partial charge in [0.25, 0.3) is 0 Å². The van der Waals surface area contributed by atoms with Crippen LogP contribution in [0.3, 0.4) is 0 Å². The molecule has 0 saturated carbocycles. The van der Waals surface area contributed by atoms with Crippen LogP contribution in [0.25, 0.3) is 6.08 Å². The summed E-state index contributed by atoms with van der Waals surface area (Å²) in [6, 6.07) is 1.87. The van der Waals surface area contributed by atoms with Crippen LogP contribution < -0.4 is 0 Å². The van der Waals surface area contributed by atoms with Crippen molar-refractivity contribution in [2.45, 2.75) is 13.8 Å². The van der Waals surface area contributed by atoms with E-state index in [4.69, 9.17) is 0 Å². The number of nitrogens with zero attached hydrogens (tertiary/aromatic N) is 1. The highest BCUT2D eigenvalue weighted by atomic mass is 16.6. The zero-order valence-electron chi connectivity index (χ0n) is 7.00. The van der Waals surface area contributed by atoms with Crippen molar-refractivity contribution in [1.29, 1.82) is 0 Å². The van der Waals surface area contributed by atoms with Crippen LogP contribution in [0.5, 0.6) is 0 Å². The van der Waals surface area contributed by atoms with E-state index in [9.17, 15) is 10.1 Å². The first-order valence-electron chi connectivity index (χ1n) is 3.57. The van der Waals surface area contributed by atoms with Gasteiger partial charge in [-0.1, -0.05) is 0 Å². The van der Waals surface area contributed by atoms with Crippen molar-refractivity contribution in [2.24, 2.45) is 0 Å². The van der Waals surface area contributed by atoms with Gasteiger partial charge in [0, 0.05) is 23.0 Å². The van der Waals surface area contributed by atoms with Crippen molar-refractivity contribution in [3.05, 3.63) is 39.3 Å². The van der Waals surface area contributed by atoms with Gasteiger partial charge >= 0.3 is 0 Å². The largest absolute Gasteiger partial charge is 0.362 e. The minimum absolute atomic E-state index is 0.470. The van der Waals surface area contributed by atoms with Gasteiger partial charge in [0.1, 0.15) is 0 Å². The molecular weight excluding hydrogens is 156 g/mol. The molecule has 0 aliphatic heterocycles. The molecule has 0 amide bonds. The van der Waals surface area contributed by atoms with Crippen molar-refractivity contribution < 1.29 is 4.92 Å². The second-order valence-electron chi connectivity index (χ2n) is 2.63. The lowest BCUT2D eigenvalue weighted by Gasteiger charge is -1.85. The Balaban J connectivity index is 2.89. The minimum atomic E-state index is -0.470. The van der Waals surface area contributed by atoms with Crippen molar-refractivity contribution in [1.82, 2.24) is 4.98 Å². The summed E-state index contributed by atoms with van der Waals surface area (Å²) in [4.78, 5) is 12.6. The highest BCUT2D eigenvalue weighted by molar-refractivity contribution is 5.51. The normalized spacial score (nSPS) is 10.8. The molecule has 1 rings (SSSR count). The van der Waals surface area contributed by atoms with Gasteiger partial charge < -0.3 is 4.98 Å². The molecule has 0 atom stereocenters. The molecular formula is C8H10N2O2. The third-order valence-corrected chi connectivity index (χ3v) is 1.57. The Morgan fingerprint density at radius 3 is 2.67 bits per heavy atom. The van der Waals surface area contributed by atoms with Crippen LogP contribution >= 0.6 is 0 Å². The summed E-state index contributed by atoms with van der Waals surface area (Å²) in [5.41, 5.74) is 2.82. The first kappa shape index (κ1) is 8.52. The molecule has 1 heterocycles. The maximum atomic E-state index is 10.00. The van der Waals surface area contributed by atoms with E-state index in [1.165, 1.54) is 6.08 Å². The predicted octanol–water partition coefficient (Wildman–Crippen LogP) is 1.88. The van der Waals surface area contributed by atoms with Gasteiger partial charge in [-0.3, -0.25) is 10.1 Å². The van der Waals surface area contributed by atoms with E-state index in [0.29, 0.717) is 0 Å². The fraction of sp³-hybridized carbons (Fsp3) is 0.250. The van der Waals surface area contributed by atoms with Gasteiger partial charge in [0.15, 0.2) is 0 Å². The molecule has 0 radical (unpaired) electrons. The lowest BCUT2D eigenvalue weighted by Crippen LogP contribution is -1.82. The molecule has 0 unspecified atom stereocenters. The summed E-state index contributed by atoms with van der Waals surface area (Å²) in [6.45, 7) is 3.79. The van der Waals surface area contributed by atoms with Gasteiger partial charge in [-0.15, -0.1) is 0 Å². The maximum Gasteiger partial charge on any atom is 0.235 e. The number of hydrogen-bond donors (Lipinski definition) is 1. The van der Waals surface area contributed by atoms with E-state index in [1.54, 1.807) is 0 Å². The molecule has 4 heteroatoms. The molecule has 0 aliphatic carbocycles. The van der Waals surface area contributed by atoms with Crippen LogP contribution in [-0.4, -0.2) is 9.91 Å². The Morgan fingerprint density at radius 1 is 1.58 bits per heavy atom. The Hall–Kier alpha value is -1.58. The summed E-state index contributed by atoms with van der Waals surface area (Å²) < 4.78 is 0.